The number of hydrogen-bond donors (Lipinski definition) is 1. The Bertz CT molecular complexity index is 624. The number of fused-ring (bicyclic) bond motifs is 1. The molecule has 1 unspecified atom stereocenters. The van der Waals surface area contributed by atoms with Crippen LogP contribution in [0.25, 0.3) is 0 Å². The van der Waals surface area contributed by atoms with Gasteiger partial charge < -0.3 is 19.4 Å². The third-order valence-electron chi connectivity index (χ3n) is 3.67. The minimum Gasteiger partial charge on any atom is -0.491 e. The molecule has 6 nitrogen and oxygen atoms in total. The molecule has 0 amide bonds. The number of likely N-dealkylation sites (N-methyl/N-ethyl adjacent to an activating group) is 1. The first kappa shape index (κ1) is 12.9. The number of aryl methyl sites for hydroxylation is 1. The van der Waals surface area contributed by atoms with Gasteiger partial charge in [-0.3, -0.25) is 0 Å². The molecule has 1 aromatic heterocycles. The van der Waals surface area contributed by atoms with Crippen LogP contribution in [0.3, 0.4) is 0 Å². The summed E-state index contributed by atoms with van der Waals surface area (Å²) in [6.07, 6.45) is 0. The average molecular weight is 274 g/mol. The summed E-state index contributed by atoms with van der Waals surface area (Å²) in [5, 5.41) is 11.3. The number of nitrogens with zero attached hydrogens (tertiary/aromatic N) is 3. The maximum absolute atomic E-state index is 5.76. The topological polar surface area (TPSA) is 61.2 Å². The number of nitrogens with one attached hydrogen (secondary N) is 1. The van der Waals surface area contributed by atoms with Crippen molar-refractivity contribution >= 4 is 0 Å². The van der Waals surface area contributed by atoms with Gasteiger partial charge in [-0.2, -0.15) is 0 Å². The highest BCUT2D eigenvalue weighted by atomic mass is 16.5. The van der Waals surface area contributed by atoms with E-state index >= 15 is 0 Å². The maximum Gasteiger partial charge on any atom is 0.170 e. The minimum absolute atomic E-state index is 0.264. The van der Waals surface area contributed by atoms with Crippen LogP contribution in [0.2, 0.25) is 0 Å². The lowest BCUT2D eigenvalue weighted by Crippen LogP contribution is -2.17. The second-order valence-corrected chi connectivity index (χ2v) is 4.86. The molecule has 6 heteroatoms. The molecule has 0 fully saturated rings. The van der Waals surface area contributed by atoms with E-state index in [1.165, 1.54) is 5.56 Å². The molecule has 0 aliphatic carbocycles. The van der Waals surface area contributed by atoms with Crippen LogP contribution < -0.4 is 14.8 Å². The summed E-state index contributed by atoms with van der Waals surface area (Å²) in [6.45, 7) is 2.97. The Labute approximate surface area is 117 Å². The summed E-state index contributed by atoms with van der Waals surface area (Å²) < 4.78 is 13.3. The molecule has 2 aromatic rings. The first-order valence-corrected chi connectivity index (χ1v) is 6.60. The van der Waals surface area contributed by atoms with Crippen LogP contribution in [0.1, 0.15) is 23.3 Å². The second-order valence-electron chi connectivity index (χ2n) is 4.86. The SMILES string of the molecule is CNC1COc2cc(OCc3nnc(C)n3C)ccc21. The molecule has 1 N–H and O–H groups in total. The van der Waals surface area contributed by atoms with E-state index in [1.54, 1.807) is 0 Å². The summed E-state index contributed by atoms with van der Waals surface area (Å²) in [6, 6.07) is 6.19. The monoisotopic (exact) mass is 274 g/mol. The van der Waals surface area contributed by atoms with Crippen LogP contribution in [-0.4, -0.2) is 28.4 Å². The van der Waals surface area contributed by atoms with Gasteiger partial charge in [-0.15, -0.1) is 10.2 Å². The predicted molar refractivity (Wildman–Crippen MR) is 73.8 cm³/mol. The number of benzene rings is 1. The molecule has 0 saturated heterocycles. The molecular formula is C14H18N4O2. The first-order valence-electron chi connectivity index (χ1n) is 6.60. The van der Waals surface area contributed by atoms with Crippen molar-refractivity contribution in [2.75, 3.05) is 13.7 Å². The van der Waals surface area contributed by atoms with Crippen LogP contribution in [0.15, 0.2) is 18.2 Å². The van der Waals surface area contributed by atoms with Crippen molar-refractivity contribution < 1.29 is 9.47 Å². The molecule has 0 saturated carbocycles. The smallest absolute Gasteiger partial charge is 0.170 e. The number of ether oxygens (including phenoxy) is 2. The minimum atomic E-state index is 0.264. The number of aromatic nitrogens is 3. The fraction of sp³-hybridized carbons (Fsp3) is 0.429. The van der Waals surface area contributed by atoms with E-state index in [-0.39, 0.29) is 6.04 Å². The Morgan fingerprint density at radius 2 is 2.30 bits per heavy atom. The van der Waals surface area contributed by atoms with Crippen LogP contribution in [0.5, 0.6) is 11.5 Å². The average Bonchev–Trinajstić information content (AvgIpc) is 3.01. The van der Waals surface area contributed by atoms with E-state index in [0.717, 1.165) is 23.1 Å². The zero-order valence-corrected chi connectivity index (χ0v) is 11.9. The van der Waals surface area contributed by atoms with Gasteiger partial charge in [-0.1, -0.05) is 0 Å². The largest absolute Gasteiger partial charge is 0.491 e. The number of rotatable bonds is 4. The molecule has 1 aliphatic rings. The van der Waals surface area contributed by atoms with Gasteiger partial charge in [0.1, 0.15) is 30.5 Å². The molecular weight excluding hydrogens is 256 g/mol. The van der Waals surface area contributed by atoms with Crippen molar-refractivity contribution in [2.24, 2.45) is 7.05 Å². The van der Waals surface area contributed by atoms with Crippen LogP contribution in [0.4, 0.5) is 0 Å². The highest BCUT2D eigenvalue weighted by molar-refractivity contribution is 5.44. The van der Waals surface area contributed by atoms with E-state index in [0.29, 0.717) is 13.2 Å². The summed E-state index contributed by atoms with van der Waals surface area (Å²) in [4.78, 5) is 0. The van der Waals surface area contributed by atoms with Crippen molar-refractivity contribution in [1.29, 1.82) is 0 Å². The van der Waals surface area contributed by atoms with Gasteiger partial charge in [-0.25, -0.2) is 0 Å². The predicted octanol–water partition coefficient (Wildman–Crippen LogP) is 1.36. The fourth-order valence-corrected chi connectivity index (χ4v) is 2.24. The summed E-state index contributed by atoms with van der Waals surface area (Å²) in [5.41, 5.74) is 1.18. The van der Waals surface area contributed by atoms with Gasteiger partial charge in [0.15, 0.2) is 5.82 Å². The van der Waals surface area contributed by atoms with Crippen molar-refractivity contribution in [3.63, 3.8) is 0 Å². The van der Waals surface area contributed by atoms with E-state index in [2.05, 4.69) is 15.5 Å². The second kappa shape index (κ2) is 5.13. The standard InChI is InChI=1S/C14H18N4O2/c1-9-16-17-14(18(9)3)8-19-10-4-5-11-12(15-2)7-20-13(11)6-10/h4-6,12,15H,7-8H2,1-3H3. The summed E-state index contributed by atoms with van der Waals surface area (Å²) in [7, 11) is 3.86. The highest BCUT2D eigenvalue weighted by Gasteiger charge is 2.22. The van der Waals surface area contributed by atoms with Gasteiger partial charge >= 0.3 is 0 Å². The Morgan fingerprint density at radius 1 is 1.45 bits per heavy atom. The molecule has 2 heterocycles. The Balaban J connectivity index is 1.72. The zero-order valence-electron chi connectivity index (χ0n) is 11.9. The summed E-state index contributed by atoms with van der Waals surface area (Å²) in [5.74, 6) is 3.34. The first-order chi connectivity index (χ1) is 9.69. The normalized spacial score (nSPS) is 16.9. The molecule has 1 atom stereocenters. The van der Waals surface area contributed by atoms with Crippen LogP contribution in [0, 0.1) is 6.92 Å². The fourth-order valence-electron chi connectivity index (χ4n) is 2.24. The van der Waals surface area contributed by atoms with Gasteiger partial charge in [0.25, 0.3) is 0 Å². The third-order valence-corrected chi connectivity index (χ3v) is 3.67. The highest BCUT2D eigenvalue weighted by Crippen LogP contribution is 2.35. The zero-order chi connectivity index (χ0) is 14.1. The molecule has 0 radical (unpaired) electrons. The maximum atomic E-state index is 5.76. The van der Waals surface area contributed by atoms with Gasteiger partial charge in [-0.05, 0) is 26.1 Å². The molecule has 0 spiro atoms. The van der Waals surface area contributed by atoms with Gasteiger partial charge in [0.05, 0.1) is 6.04 Å². The number of hydrogen-bond acceptors (Lipinski definition) is 5. The van der Waals surface area contributed by atoms with E-state index in [4.69, 9.17) is 9.47 Å². The van der Waals surface area contributed by atoms with Crippen LogP contribution >= 0.6 is 0 Å². The van der Waals surface area contributed by atoms with Crippen molar-refractivity contribution in [3.8, 4) is 11.5 Å². The lowest BCUT2D eigenvalue weighted by molar-refractivity contribution is 0.286. The van der Waals surface area contributed by atoms with E-state index in [1.807, 2.05) is 43.8 Å². The van der Waals surface area contributed by atoms with Crippen molar-refractivity contribution in [2.45, 2.75) is 19.6 Å². The van der Waals surface area contributed by atoms with Gasteiger partial charge in [0.2, 0.25) is 0 Å². The van der Waals surface area contributed by atoms with Crippen LogP contribution in [-0.2, 0) is 13.7 Å². The molecule has 1 aliphatic heterocycles. The van der Waals surface area contributed by atoms with E-state index in [9.17, 15) is 0 Å². The lowest BCUT2D eigenvalue weighted by atomic mass is 10.1. The van der Waals surface area contributed by atoms with Gasteiger partial charge in [0, 0.05) is 18.7 Å². The van der Waals surface area contributed by atoms with E-state index < -0.39 is 0 Å². The third kappa shape index (κ3) is 2.22. The lowest BCUT2D eigenvalue weighted by Gasteiger charge is -2.09. The Morgan fingerprint density at radius 3 is 3.00 bits per heavy atom. The summed E-state index contributed by atoms with van der Waals surface area (Å²) >= 11 is 0. The molecule has 0 bridgehead atoms. The van der Waals surface area contributed by atoms with Crippen molar-refractivity contribution in [3.05, 3.63) is 35.4 Å². The quantitative estimate of drug-likeness (QED) is 0.912. The van der Waals surface area contributed by atoms with Crippen molar-refractivity contribution in [1.82, 2.24) is 20.1 Å². The molecule has 1 aromatic carbocycles. The molecule has 3 rings (SSSR count). The molecule has 20 heavy (non-hydrogen) atoms. The Hall–Kier alpha value is -2.08. The molecule has 106 valence electrons. The Kier molecular flexibility index (Phi) is 3.31.